The normalized spacial score (nSPS) is 11.9. The number of carbonyl (C=O) groups excluding carboxylic acids is 1. The molecule has 0 aliphatic carbocycles. The van der Waals surface area contributed by atoms with Crippen molar-refractivity contribution in [1.29, 1.82) is 0 Å². The Balaban J connectivity index is 1.91. The van der Waals surface area contributed by atoms with Crippen molar-refractivity contribution in [2.45, 2.75) is 39.5 Å². The van der Waals surface area contributed by atoms with Crippen molar-refractivity contribution in [3.63, 3.8) is 0 Å². The second kappa shape index (κ2) is 11.7. The zero-order valence-corrected chi connectivity index (χ0v) is 17.1. The SMILES string of the molecule is CCC(C)Cc1ccc(C=CC(=O)Nc2ccccc2OCCCC(=O)O)cc1. The van der Waals surface area contributed by atoms with E-state index in [0.29, 0.717) is 23.8 Å². The summed E-state index contributed by atoms with van der Waals surface area (Å²) < 4.78 is 5.60. The molecule has 29 heavy (non-hydrogen) atoms. The molecule has 0 aliphatic rings. The van der Waals surface area contributed by atoms with E-state index < -0.39 is 5.97 Å². The number of hydrogen-bond donors (Lipinski definition) is 2. The molecule has 2 aromatic carbocycles. The maximum atomic E-state index is 12.3. The van der Waals surface area contributed by atoms with Crippen molar-refractivity contribution in [2.24, 2.45) is 5.92 Å². The highest BCUT2D eigenvalue weighted by molar-refractivity contribution is 6.02. The summed E-state index contributed by atoms with van der Waals surface area (Å²) in [5.41, 5.74) is 2.82. The van der Waals surface area contributed by atoms with Crippen LogP contribution in [0.15, 0.2) is 54.6 Å². The molecule has 2 rings (SSSR count). The Hall–Kier alpha value is -3.08. The summed E-state index contributed by atoms with van der Waals surface area (Å²) in [6.45, 7) is 4.71. The van der Waals surface area contributed by atoms with Gasteiger partial charge in [-0.25, -0.2) is 0 Å². The van der Waals surface area contributed by atoms with Crippen molar-refractivity contribution in [3.05, 3.63) is 65.7 Å². The smallest absolute Gasteiger partial charge is 0.303 e. The van der Waals surface area contributed by atoms with Gasteiger partial charge in [-0.1, -0.05) is 56.7 Å². The van der Waals surface area contributed by atoms with Gasteiger partial charge in [0, 0.05) is 12.5 Å². The standard InChI is InChI=1S/C24H29NO4/c1-3-18(2)17-20-12-10-19(11-13-20)14-15-23(26)25-21-7-4-5-8-22(21)29-16-6-9-24(27)28/h4-5,7-8,10-15,18H,3,6,9,16-17H2,1-2H3,(H,25,26)(H,27,28). The maximum Gasteiger partial charge on any atom is 0.303 e. The van der Waals surface area contributed by atoms with Gasteiger partial charge >= 0.3 is 5.97 Å². The molecule has 1 amide bonds. The third-order valence-electron chi connectivity index (χ3n) is 4.63. The van der Waals surface area contributed by atoms with Crippen molar-refractivity contribution < 1.29 is 19.4 Å². The number of hydrogen-bond acceptors (Lipinski definition) is 3. The third-order valence-corrected chi connectivity index (χ3v) is 4.63. The zero-order chi connectivity index (χ0) is 21.1. The van der Waals surface area contributed by atoms with Crippen LogP contribution in [0.5, 0.6) is 5.75 Å². The molecule has 0 aromatic heterocycles. The molecule has 0 radical (unpaired) electrons. The molecule has 5 heteroatoms. The molecule has 1 unspecified atom stereocenters. The summed E-state index contributed by atoms with van der Waals surface area (Å²) in [6.07, 6.45) is 5.94. The number of rotatable bonds is 11. The summed E-state index contributed by atoms with van der Waals surface area (Å²) in [4.78, 5) is 22.8. The minimum atomic E-state index is -0.853. The molecule has 2 N–H and O–H groups in total. The predicted octanol–water partition coefficient (Wildman–Crippen LogP) is 5.17. The Morgan fingerprint density at radius 2 is 1.86 bits per heavy atom. The van der Waals surface area contributed by atoms with Gasteiger partial charge in [-0.2, -0.15) is 0 Å². The summed E-state index contributed by atoms with van der Waals surface area (Å²) in [6, 6.07) is 15.3. The fourth-order valence-electron chi connectivity index (χ4n) is 2.76. The zero-order valence-electron chi connectivity index (χ0n) is 17.1. The molecular weight excluding hydrogens is 366 g/mol. The van der Waals surface area contributed by atoms with Gasteiger partial charge in [-0.15, -0.1) is 0 Å². The Bertz CT molecular complexity index is 827. The molecule has 0 spiro atoms. The van der Waals surface area contributed by atoms with Crippen molar-refractivity contribution >= 4 is 23.6 Å². The van der Waals surface area contributed by atoms with Crippen LogP contribution in [-0.2, 0) is 16.0 Å². The van der Waals surface area contributed by atoms with E-state index in [4.69, 9.17) is 9.84 Å². The molecule has 0 aliphatic heterocycles. The van der Waals surface area contributed by atoms with Gasteiger partial charge in [0.1, 0.15) is 5.75 Å². The van der Waals surface area contributed by atoms with Crippen LogP contribution in [0.25, 0.3) is 6.08 Å². The first-order valence-corrected chi connectivity index (χ1v) is 9.99. The molecule has 0 saturated heterocycles. The number of para-hydroxylation sites is 2. The van der Waals surface area contributed by atoms with Crippen LogP contribution in [0.4, 0.5) is 5.69 Å². The summed E-state index contributed by atoms with van der Waals surface area (Å²) in [5.74, 6) is 0.0751. The Kier molecular flexibility index (Phi) is 8.96. The molecule has 5 nitrogen and oxygen atoms in total. The summed E-state index contributed by atoms with van der Waals surface area (Å²) in [7, 11) is 0. The van der Waals surface area contributed by atoms with E-state index in [1.165, 1.54) is 11.6 Å². The summed E-state index contributed by atoms with van der Waals surface area (Å²) in [5, 5.41) is 11.5. The molecule has 0 fully saturated rings. The van der Waals surface area contributed by atoms with E-state index in [9.17, 15) is 9.59 Å². The van der Waals surface area contributed by atoms with Crippen molar-refractivity contribution in [3.8, 4) is 5.75 Å². The van der Waals surface area contributed by atoms with E-state index in [-0.39, 0.29) is 18.9 Å². The van der Waals surface area contributed by atoms with Crippen molar-refractivity contribution in [1.82, 2.24) is 0 Å². The van der Waals surface area contributed by atoms with E-state index in [1.807, 2.05) is 12.1 Å². The number of amides is 1. The topological polar surface area (TPSA) is 75.6 Å². The van der Waals surface area contributed by atoms with E-state index in [1.54, 1.807) is 30.3 Å². The lowest BCUT2D eigenvalue weighted by Crippen LogP contribution is -2.10. The number of benzene rings is 2. The largest absolute Gasteiger partial charge is 0.491 e. The molecule has 0 heterocycles. The van der Waals surface area contributed by atoms with Gasteiger partial charge < -0.3 is 15.2 Å². The van der Waals surface area contributed by atoms with Gasteiger partial charge in [-0.05, 0) is 48.1 Å². The molecule has 0 saturated carbocycles. The minimum Gasteiger partial charge on any atom is -0.491 e. The number of carbonyl (C=O) groups is 2. The average Bonchev–Trinajstić information content (AvgIpc) is 2.71. The van der Waals surface area contributed by atoms with Crippen LogP contribution >= 0.6 is 0 Å². The minimum absolute atomic E-state index is 0.0490. The van der Waals surface area contributed by atoms with Crippen LogP contribution in [-0.4, -0.2) is 23.6 Å². The third kappa shape index (κ3) is 8.21. The van der Waals surface area contributed by atoms with Crippen LogP contribution in [0, 0.1) is 5.92 Å². The first-order valence-electron chi connectivity index (χ1n) is 9.99. The van der Waals surface area contributed by atoms with Crippen LogP contribution in [0.3, 0.4) is 0 Å². The maximum absolute atomic E-state index is 12.3. The van der Waals surface area contributed by atoms with Crippen LogP contribution < -0.4 is 10.1 Å². The first kappa shape index (κ1) is 22.2. The first-order chi connectivity index (χ1) is 14.0. The Morgan fingerprint density at radius 1 is 1.14 bits per heavy atom. The number of ether oxygens (including phenoxy) is 1. The number of anilines is 1. The monoisotopic (exact) mass is 395 g/mol. The quantitative estimate of drug-likeness (QED) is 0.406. The number of carboxylic acids is 1. The van der Waals surface area contributed by atoms with Crippen molar-refractivity contribution in [2.75, 3.05) is 11.9 Å². The number of nitrogens with one attached hydrogen (secondary N) is 1. The second-order valence-electron chi connectivity index (χ2n) is 7.12. The molecular formula is C24H29NO4. The average molecular weight is 395 g/mol. The van der Waals surface area contributed by atoms with E-state index >= 15 is 0 Å². The van der Waals surface area contributed by atoms with Gasteiger partial charge in [0.25, 0.3) is 0 Å². The van der Waals surface area contributed by atoms with E-state index in [0.717, 1.165) is 18.4 Å². The number of aliphatic carboxylic acids is 1. The van der Waals surface area contributed by atoms with Gasteiger partial charge in [0.15, 0.2) is 0 Å². The lowest BCUT2D eigenvalue weighted by atomic mass is 9.98. The van der Waals surface area contributed by atoms with Gasteiger partial charge in [0.2, 0.25) is 5.91 Å². The fourth-order valence-corrected chi connectivity index (χ4v) is 2.76. The number of carboxylic acid groups (broad SMARTS) is 1. The molecule has 0 bridgehead atoms. The molecule has 1 atom stereocenters. The Labute approximate surface area is 172 Å². The highest BCUT2D eigenvalue weighted by Gasteiger charge is 2.06. The lowest BCUT2D eigenvalue weighted by molar-refractivity contribution is -0.137. The van der Waals surface area contributed by atoms with Gasteiger partial charge in [-0.3, -0.25) is 9.59 Å². The lowest BCUT2D eigenvalue weighted by Gasteiger charge is -2.11. The summed E-state index contributed by atoms with van der Waals surface area (Å²) >= 11 is 0. The van der Waals surface area contributed by atoms with E-state index in [2.05, 4.69) is 31.3 Å². The fraction of sp³-hybridized carbons (Fsp3) is 0.333. The molecule has 154 valence electrons. The second-order valence-corrected chi connectivity index (χ2v) is 7.12. The predicted molar refractivity (Wildman–Crippen MR) is 116 cm³/mol. The highest BCUT2D eigenvalue weighted by atomic mass is 16.5. The van der Waals surface area contributed by atoms with Crippen LogP contribution in [0.1, 0.15) is 44.2 Å². The Morgan fingerprint density at radius 3 is 2.55 bits per heavy atom. The van der Waals surface area contributed by atoms with Crippen LogP contribution in [0.2, 0.25) is 0 Å². The molecule has 2 aromatic rings. The van der Waals surface area contributed by atoms with Gasteiger partial charge in [0.05, 0.1) is 12.3 Å². The highest BCUT2D eigenvalue weighted by Crippen LogP contribution is 2.24.